The Hall–Kier alpha value is -1.62. The predicted octanol–water partition coefficient (Wildman–Crippen LogP) is 3.75. The van der Waals surface area contributed by atoms with Crippen LogP contribution < -0.4 is 0 Å². The molecule has 0 amide bonds. The van der Waals surface area contributed by atoms with Gasteiger partial charge in [-0.05, 0) is 12.0 Å². The second-order valence-electron chi connectivity index (χ2n) is 4.47. The van der Waals surface area contributed by atoms with E-state index in [0.717, 1.165) is 15.7 Å². The molecule has 0 atom stereocenters. The molecule has 1 aromatic heterocycles. The van der Waals surface area contributed by atoms with E-state index >= 15 is 0 Å². The topological polar surface area (TPSA) is 55.0 Å². The van der Waals surface area contributed by atoms with Gasteiger partial charge in [-0.1, -0.05) is 48.0 Å². The van der Waals surface area contributed by atoms with E-state index < -0.39 is 5.97 Å². The zero-order valence-corrected chi connectivity index (χ0v) is 12.6. The number of aromatic nitrogens is 2. The van der Waals surface area contributed by atoms with E-state index in [0.29, 0.717) is 11.5 Å². The van der Waals surface area contributed by atoms with Crippen LogP contribution in [0.3, 0.4) is 0 Å². The van der Waals surface area contributed by atoms with E-state index in [2.05, 4.69) is 25.9 Å². The monoisotopic (exact) mass is 322 g/mol. The van der Waals surface area contributed by atoms with Crippen molar-refractivity contribution < 1.29 is 9.53 Å². The van der Waals surface area contributed by atoms with Gasteiger partial charge in [0.15, 0.2) is 5.69 Å². The maximum atomic E-state index is 11.8. The van der Waals surface area contributed by atoms with Gasteiger partial charge in [0.25, 0.3) is 0 Å². The molecule has 0 unspecified atom stereocenters. The van der Waals surface area contributed by atoms with Crippen LogP contribution in [0.4, 0.5) is 0 Å². The van der Waals surface area contributed by atoms with Crippen molar-refractivity contribution in [1.82, 2.24) is 9.97 Å². The zero-order valence-electron chi connectivity index (χ0n) is 11.0. The van der Waals surface area contributed by atoms with Crippen molar-refractivity contribution in [3.8, 4) is 11.4 Å². The number of hydrogen-bond acceptors (Lipinski definition) is 3. The molecule has 0 bridgehead atoms. The highest BCUT2D eigenvalue weighted by Crippen LogP contribution is 2.28. The Kier molecular flexibility index (Phi) is 4.04. The fourth-order valence-corrected chi connectivity index (χ4v) is 2.31. The SMILES string of the molecule is COC(=O)c1nc(-c2ccccc2Br)[nH]c1C(C)C. The van der Waals surface area contributed by atoms with Gasteiger partial charge in [0.2, 0.25) is 0 Å². The summed E-state index contributed by atoms with van der Waals surface area (Å²) in [6, 6.07) is 7.73. The first kappa shape index (κ1) is 13.8. The lowest BCUT2D eigenvalue weighted by atomic mass is 10.1. The average Bonchev–Trinajstić information content (AvgIpc) is 2.83. The number of hydrogen-bond donors (Lipinski definition) is 1. The van der Waals surface area contributed by atoms with Gasteiger partial charge in [0.05, 0.1) is 12.8 Å². The number of rotatable bonds is 3. The molecule has 0 aliphatic heterocycles. The summed E-state index contributed by atoms with van der Waals surface area (Å²) in [7, 11) is 1.36. The lowest BCUT2D eigenvalue weighted by Crippen LogP contribution is -2.06. The number of ether oxygens (including phenoxy) is 1. The van der Waals surface area contributed by atoms with E-state index in [1.807, 2.05) is 38.1 Å². The van der Waals surface area contributed by atoms with Gasteiger partial charge in [-0.3, -0.25) is 0 Å². The van der Waals surface area contributed by atoms with Crippen LogP contribution in [-0.4, -0.2) is 23.0 Å². The van der Waals surface area contributed by atoms with E-state index in [1.54, 1.807) is 0 Å². The predicted molar refractivity (Wildman–Crippen MR) is 77.2 cm³/mol. The van der Waals surface area contributed by atoms with Gasteiger partial charge in [-0.2, -0.15) is 0 Å². The summed E-state index contributed by atoms with van der Waals surface area (Å²) >= 11 is 3.48. The zero-order chi connectivity index (χ0) is 14.0. The number of carbonyl (C=O) groups excluding carboxylic acids is 1. The Labute approximate surface area is 120 Å². The standard InChI is InChI=1S/C14H15BrN2O2/c1-8(2)11-12(14(18)19-3)17-13(16-11)9-6-4-5-7-10(9)15/h4-8H,1-3H3,(H,16,17). The van der Waals surface area contributed by atoms with Crippen LogP contribution in [0, 0.1) is 0 Å². The van der Waals surface area contributed by atoms with Crippen molar-refractivity contribution in [2.45, 2.75) is 19.8 Å². The minimum absolute atomic E-state index is 0.165. The number of methoxy groups -OCH3 is 1. The van der Waals surface area contributed by atoms with Crippen molar-refractivity contribution >= 4 is 21.9 Å². The van der Waals surface area contributed by atoms with Crippen molar-refractivity contribution in [3.05, 3.63) is 40.1 Å². The fraction of sp³-hybridized carbons (Fsp3) is 0.286. The summed E-state index contributed by atoms with van der Waals surface area (Å²) in [5.74, 6) is 0.410. The number of nitrogens with zero attached hydrogens (tertiary/aromatic N) is 1. The van der Waals surface area contributed by atoms with E-state index in [4.69, 9.17) is 4.74 Å². The Morgan fingerprint density at radius 2 is 2.05 bits per heavy atom. The molecule has 0 aliphatic carbocycles. The van der Waals surface area contributed by atoms with Gasteiger partial charge in [-0.15, -0.1) is 0 Å². The molecule has 0 saturated heterocycles. The third-order valence-electron chi connectivity index (χ3n) is 2.82. The second-order valence-corrected chi connectivity index (χ2v) is 5.33. The highest BCUT2D eigenvalue weighted by atomic mass is 79.9. The minimum atomic E-state index is -0.418. The van der Waals surface area contributed by atoms with E-state index in [-0.39, 0.29) is 5.92 Å². The van der Waals surface area contributed by atoms with Gasteiger partial charge >= 0.3 is 5.97 Å². The van der Waals surface area contributed by atoms with Crippen molar-refractivity contribution in [2.24, 2.45) is 0 Å². The number of halogens is 1. The van der Waals surface area contributed by atoms with E-state index in [1.165, 1.54) is 7.11 Å². The van der Waals surface area contributed by atoms with Crippen LogP contribution in [0.25, 0.3) is 11.4 Å². The van der Waals surface area contributed by atoms with Crippen LogP contribution in [0.1, 0.15) is 35.9 Å². The highest BCUT2D eigenvalue weighted by Gasteiger charge is 2.21. The van der Waals surface area contributed by atoms with Crippen LogP contribution in [0.5, 0.6) is 0 Å². The quantitative estimate of drug-likeness (QED) is 0.875. The first-order chi connectivity index (χ1) is 9.04. The maximum absolute atomic E-state index is 11.8. The van der Waals surface area contributed by atoms with E-state index in [9.17, 15) is 4.79 Å². The lowest BCUT2D eigenvalue weighted by Gasteiger charge is -2.03. The molecule has 0 radical (unpaired) electrons. The van der Waals surface area contributed by atoms with Crippen LogP contribution >= 0.6 is 15.9 Å². The van der Waals surface area contributed by atoms with Crippen LogP contribution in [0.15, 0.2) is 28.7 Å². The first-order valence-corrected chi connectivity index (χ1v) is 6.77. The second kappa shape index (κ2) is 5.57. The summed E-state index contributed by atoms with van der Waals surface area (Å²) in [6.45, 7) is 4.01. The molecule has 1 N–H and O–H groups in total. The number of benzene rings is 1. The molecular formula is C14H15BrN2O2. The largest absolute Gasteiger partial charge is 0.464 e. The number of nitrogens with one attached hydrogen (secondary N) is 1. The average molecular weight is 323 g/mol. The highest BCUT2D eigenvalue weighted by molar-refractivity contribution is 9.10. The van der Waals surface area contributed by atoms with Gasteiger partial charge in [-0.25, -0.2) is 9.78 Å². The molecular weight excluding hydrogens is 308 g/mol. The molecule has 100 valence electrons. The summed E-state index contributed by atoms with van der Waals surface area (Å²) in [5.41, 5.74) is 2.06. The summed E-state index contributed by atoms with van der Waals surface area (Å²) in [5, 5.41) is 0. The lowest BCUT2D eigenvalue weighted by molar-refractivity contribution is 0.0593. The number of esters is 1. The minimum Gasteiger partial charge on any atom is -0.464 e. The molecule has 19 heavy (non-hydrogen) atoms. The van der Waals surface area contributed by atoms with Crippen molar-refractivity contribution in [1.29, 1.82) is 0 Å². The fourth-order valence-electron chi connectivity index (χ4n) is 1.84. The molecule has 2 rings (SSSR count). The number of carbonyl (C=O) groups is 1. The number of H-pyrrole nitrogens is 1. The van der Waals surface area contributed by atoms with Gasteiger partial charge < -0.3 is 9.72 Å². The van der Waals surface area contributed by atoms with Gasteiger partial charge in [0.1, 0.15) is 5.82 Å². The third-order valence-corrected chi connectivity index (χ3v) is 3.51. The molecule has 1 aromatic carbocycles. The smallest absolute Gasteiger partial charge is 0.358 e. The first-order valence-electron chi connectivity index (χ1n) is 5.97. The third kappa shape index (κ3) is 2.71. The summed E-state index contributed by atoms with van der Waals surface area (Å²) in [6.07, 6.45) is 0. The molecule has 1 heterocycles. The molecule has 0 spiro atoms. The molecule has 0 saturated carbocycles. The Balaban J connectivity index is 2.55. The number of imidazole rings is 1. The van der Waals surface area contributed by atoms with Crippen LogP contribution in [-0.2, 0) is 4.74 Å². The summed E-state index contributed by atoms with van der Waals surface area (Å²) in [4.78, 5) is 19.3. The normalized spacial score (nSPS) is 10.8. The van der Waals surface area contributed by atoms with Crippen LogP contribution in [0.2, 0.25) is 0 Å². The Bertz CT molecular complexity index is 605. The molecule has 4 nitrogen and oxygen atoms in total. The number of aromatic amines is 1. The Morgan fingerprint density at radius 1 is 1.37 bits per heavy atom. The maximum Gasteiger partial charge on any atom is 0.358 e. The Morgan fingerprint density at radius 3 is 2.63 bits per heavy atom. The van der Waals surface area contributed by atoms with Crippen molar-refractivity contribution in [3.63, 3.8) is 0 Å². The molecule has 0 aliphatic rings. The molecule has 5 heteroatoms. The van der Waals surface area contributed by atoms with Crippen molar-refractivity contribution in [2.75, 3.05) is 7.11 Å². The van der Waals surface area contributed by atoms with Gasteiger partial charge in [0, 0.05) is 10.0 Å². The molecule has 0 fully saturated rings. The molecule has 2 aromatic rings. The summed E-state index contributed by atoms with van der Waals surface area (Å²) < 4.78 is 5.70.